The molecule has 15 rings (SSSR count). The maximum absolute atomic E-state index is 9.31. The first-order valence-electron chi connectivity index (χ1n) is 28.6. The second-order valence-electron chi connectivity index (χ2n) is 21.6. The van der Waals surface area contributed by atoms with E-state index < -0.39 is 11.5 Å². The average molecular weight is 964 g/mol. The van der Waals surface area contributed by atoms with E-state index in [0.717, 1.165) is 39.6 Å². The highest BCUT2D eigenvalue weighted by Gasteiger charge is 2.52. The smallest absolute Gasteiger partial charge is 0.0727 e. The van der Waals surface area contributed by atoms with E-state index in [0.29, 0.717) is 11.3 Å². The first kappa shape index (κ1) is 38.6. The van der Waals surface area contributed by atoms with Crippen LogP contribution in [0.4, 0.5) is 34.1 Å². The maximum Gasteiger partial charge on any atom is 0.0727 e. The quantitative estimate of drug-likeness (QED) is 0.157. The van der Waals surface area contributed by atoms with Crippen LogP contribution in [0.5, 0.6) is 0 Å². The minimum absolute atomic E-state index is 0.129. The highest BCUT2D eigenvalue weighted by molar-refractivity contribution is 5.99. The van der Waals surface area contributed by atoms with E-state index in [2.05, 4.69) is 238 Å². The Hall–Kier alpha value is -8.98. The van der Waals surface area contributed by atoms with Crippen LogP contribution < -0.4 is 9.80 Å². The second-order valence-corrected chi connectivity index (χ2v) is 21.6. The van der Waals surface area contributed by atoms with E-state index in [9.17, 15) is 2.74 Å². The first-order valence-corrected chi connectivity index (χ1v) is 26.1. The van der Waals surface area contributed by atoms with Gasteiger partial charge in [0.15, 0.2) is 0 Å². The van der Waals surface area contributed by atoms with Crippen LogP contribution in [-0.4, -0.2) is 0 Å². The van der Waals surface area contributed by atoms with Gasteiger partial charge in [0, 0.05) is 44.8 Å². The molecule has 0 aliphatic heterocycles. The van der Waals surface area contributed by atoms with E-state index in [1.807, 2.05) is 24.3 Å². The molecular formula is C73H54N2. The van der Waals surface area contributed by atoms with Crippen molar-refractivity contribution in [1.29, 1.82) is 0 Å². The minimum atomic E-state index is -0.757. The molecule has 11 aromatic carbocycles. The first-order chi connectivity index (χ1) is 38.8. The van der Waals surface area contributed by atoms with E-state index in [1.165, 1.54) is 77.9 Å². The molecular weight excluding hydrogens is 905 g/mol. The molecule has 0 heterocycles. The molecule has 4 aliphatic carbocycles. The topological polar surface area (TPSA) is 6.48 Å². The summed E-state index contributed by atoms with van der Waals surface area (Å²) in [5.41, 5.74) is 24.6. The van der Waals surface area contributed by atoms with Gasteiger partial charge in [-0.25, -0.2) is 0 Å². The fourth-order valence-electron chi connectivity index (χ4n) is 13.8. The summed E-state index contributed by atoms with van der Waals surface area (Å²) in [6.45, 7) is 9.23. The Labute approximate surface area is 447 Å². The van der Waals surface area contributed by atoms with Gasteiger partial charge < -0.3 is 9.80 Å². The third kappa shape index (κ3) is 6.08. The van der Waals surface area contributed by atoms with E-state index in [4.69, 9.17) is 4.11 Å². The standard InChI is InChI=1S/C73H54N2/c1-71(2)63-31-17-12-29-57(63)61-43-49(38-42-64(61)71)74(48-23-9-6-10-24-48)50-35-40-59-55-27-13-18-32-65(55)73(68(59)45-50)66-33-19-14-28-56(66)60-41-37-52(46-69(60)73)75(70-34-20-15-25-53(70)47-21-7-5-8-22-47)51-36-39-58-54-26-11-16-30-62(54)72(3,4)67(58)44-51/h5-46H,1-4H3/i5D,7D,8D,21D,22D. The molecule has 0 aromatic heterocycles. The number of benzene rings is 11. The highest BCUT2D eigenvalue weighted by Crippen LogP contribution is 2.64. The lowest BCUT2D eigenvalue weighted by molar-refractivity contribution is 0.660. The number of para-hydroxylation sites is 2. The lowest BCUT2D eigenvalue weighted by Crippen LogP contribution is -2.26. The molecule has 0 saturated carbocycles. The summed E-state index contributed by atoms with van der Waals surface area (Å²) in [5, 5.41) is 0. The van der Waals surface area contributed by atoms with Crippen LogP contribution in [-0.2, 0) is 16.2 Å². The molecule has 0 bridgehead atoms. The zero-order valence-electron chi connectivity index (χ0n) is 47.3. The van der Waals surface area contributed by atoms with Crippen molar-refractivity contribution in [2.75, 3.05) is 9.80 Å². The third-order valence-corrected chi connectivity index (χ3v) is 17.2. The Morgan fingerprint density at radius 2 is 0.667 bits per heavy atom. The van der Waals surface area contributed by atoms with Crippen LogP contribution in [0.3, 0.4) is 0 Å². The number of rotatable bonds is 7. The Morgan fingerprint density at radius 1 is 0.280 bits per heavy atom. The normalized spacial score (nSPS) is 16.9. The lowest BCUT2D eigenvalue weighted by atomic mass is 9.70. The van der Waals surface area contributed by atoms with E-state index in [-0.39, 0.29) is 40.6 Å². The molecule has 0 saturated heterocycles. The summed E-state index contributed by atoms with van der Waals surface area (Å²) in [6, 6.07) is 79.7. The fraction of sp³-hybridized carbons (Fsp3) is 0.0959. The summed E-state index contributed by atoms with van der Waals surface area (Å²) in [5.74, 6) is 0. The van der Waals surface area contributed by atoms with E-state index >= 15 is 0 Å². The molecule has 0 N–H and O–H groups in total. The van der Waals surface area contributed by atoms with Gasteiger partial charge >= 0.3 is 0 Å². The van der Waals surface area contributed by atoms with Gasteiger partial charge in [-0.15, -0.1) is 0 Å². The maximum atomic E-state index is 9.31. The van der Waals surface area contributed by atoms with Gasteiger partial charge in [-0.05, 0) is 161 Å². The van der Waals surface area contributed by atoms with Crippen molar-refractivity contribution >= 4 is 34.1 Å². The Morgan fingerprint density at radius 3 is 1.25 bits per heavy atom. The van der Waals surface area contributed by atoms with Crippen LogP contribution >= 0.6 is 0 Å². The predicted molar refractivity (Wildman–Crippen MR) is 313 cm³/mol. The molecule has 1 unspecified atom stereocenters. The number of hydrogen-bond donors (Lipinski definition) is 0. The van der Waals surface area contributed by atoms with Gasteiger partial charge in [-0.1, -0.05) is 216 Å². The second kappa shape index (κ2) is 16.0. The minimum Gasteiger partial charge on any atom is -0.310 e. The molecule has 2 heteroatoms. The van der Waals surface area contributed by atoms with Gasteiger partial charge in [0.25, 0.3) is 0 Å². The van der Waals surface area contributed by atoms with Crippen molar-refractivity contribution in [3.05, 3.63) is 299 Å². The van der Waals surface area contributed by atoms with Gasteiger partial charge in [-0.3, -0.25) is 0 Å². The van der Waals surface area contributed by atoms with Crippen molar-refractivity contribution in [2.45, 2.75) is 43.9 Å². The van der Waals surface area contributed by atoms with Crippen molar-refractivity contribution in [3.8, 4) is 55.6 Å². The molecule has 11 aromatic rings. The highest BCUT2D eigenvalue weighted by atomic mass is 15.2. The van der Waals surface area contributed by atoms with Crippen LogP contribution in [0.15, 0.2) is 255 Å². The summed E-state index contributed by atoms with van der Waals surface area (Å²) >= 11 is 0. The molecule has 0 radical (unpaired) electrons. The molecule has 0 amide bonds. The van der Waals surface area contributed by atoms with Gasteiger partial charge in [0.2, 0.25) is 0 Å². The van der Waals surface area contributed by atoms with Crippen molar-refractivity contribution in [3.63, 3.8) is 0 Å². The van der Waals surface area contributed by atoms with E-state index in [1.54, 1.807) is 0 Å². The molecule has 1 spiro atoms. The van der Waals surface area contributed by atoms with Crippen molar-refractivity contribution < 1.29 is 6.85 Å². The predicted octanol–water partition coefficient (Wildman–Crippen LogP) is 19.2. The van der Waals surface area contributed by atoms with Crippen molar-refractivity contribution in [1.82, 2.24) is 0 Å². The molecule has 4 aliphatic rings. The van der Waals surface area contributed by atoms with Crippen LogP contribution in [0.2, 0.25) is 0 Å². The molecule has 1 atom stereocenters. The number of hydrogen-bond acceptors (Lipinski definition) is 2. The van der Waals surface area contributed by atoms with Gasteiger partial charge in [-0.2, -0.15) is 0 Å². The van der Waals surface area contributed by atoms with Crippen LogP contribution in [0.1, 0.15) is 79.1 Å². The number of anilines is 6. The fourth-order valence-corrected chi connectivity index (χ4v) is 13.8. The van der Waals surface area contributed by atoms with Crippen molar-refractivity contribution in [2.24, 2.45) is 0 Å². The average Bonchev–Trinajstić information content (AvgIpc) is 4.27. The molecule has 2 nitrogen and oxygen atoms in total. The monoisotopic (exact) mass is 963 g/mol. The number of fused-ring (bicyclic) bond motifs is 16. The summed E-state index contributed by atoms with van der Waals surface area (Å²) in [6.07, 6.45) is 0. The zero-order valence-corrected chi connectivity index (χ0v) is 42.3. The van der Waals surface area contributed by atoms with Crippen LogP contribution in [0.25, 0.3) is 55.6 Å². The summed E-state index contributed by atoms with van der Waals surface area (Å²) < 4.78 is 44.8. The number of nitrogens with zero attached hydrogens (tertiary/aromatic N) is 2. The third-order valence-electron chi connectivity index (χ3n) is 17.2. The largest absolute Gasteiger partial charge is 0.310 e. The summed E-state index contributed by atoms with van der Waals surface area (Å²) in [4.78, 5) is 4.66. The molecule has 356 valence electrons. The van der Waals surface area contributed by atoms with Crippen LogP contribution in [0, 0.1) is 0 Å². The summed E-state index contributed by atoms with van der Waals surface area (Å²) in [7, 11) is 0. The van der Waals surface area contributed by atoms with Gasteiger partial charge in [0.05, 0.1) is 18.0 Å². The Kier molecular flexibility index (Phi) is 8.24. The SMILES string of the molecule is [2H]c1c([2H])c([2H])c(-c2ccccc2N(c2ccc3c(c2)C(C)(C)c2ccccc2-3)c2ccc3c(c2)C2(c4ccccc4-c4ccc(N(c5ccccc5)c5ccc6c(c5)-c5ccccc5C6(C)C)cc42)c2ccccc2-3)c([2H])c1[2H]. The van der Waals surface area contributed by atoms with Gasteiger partial charge in [0.1, 0.15) is 0 Å². The molecule has 75 heavy (non-hydrogen) atoms. The molecule has 0 fully saturated rings. The Bertz CT molecular complexity index is 4420. The zero-order chi connectivity index (χ0) is 54.6. The lowest BCUT2D eigenvalue weighted by Gasteiger charge is -2.34. The Balaban J connectivity index is 0.980.